The van der Waals surface area contributed by atoms with Crippen molar-refractivity contribution in [2.24, 2.45) is 5.41 Å². The molecule has 2 unspecified atom stereocenters. The zero-order chi connectivity index (χ0) is 16.9. The van der Waals surface area contributed by atoms with Crippen LogP contribution < -0.4 is 10.6 Å². The van der Waals surface area contributed by atoms with Crippen LogP contribution in [0.2, 0.25) is 0 Å². The van der Waals surface area contributed by atoms with Crippen molar-refractivity contribution in [3.05, 3.63) is 11.7 Å². The van der Waals surface area contributed by atoms with Crippen molar-refractivity contribution in [2.45, 2.75) is 46.1 Å². The first-order chi connectivity index (χ1) is 10.1. The van der Waals surface area contributed by atoms with Crippen LogP contribution in [0, 0.1) is 5.41 Å². The molecule has 0 aliphatic carbocycles. The van der Waals surface area contributed by atoms with E-state index >= 15 is 0 Å². The first-order valence-electron chi connectivity index (χ1n) is 6.93. The predicted molar refractivity (Wildman–Crippen MR) is 76.8 cm³/mol. The molecule has 124 valence electrons. The van der Waals surface area contributed by atoms with Crippen LogP contribution in [0.25, 0.3) is 0 Å². The van der Waals surface area contributed by atoms with Crippen LogP contribution in [0.4, 0.5) is 9.59 Å². The molecule has 0 fully saturated rings. The van der Waals surface area contributed by atoms with Gasteiger partial charge in [0, 0.05) is 13.0 Å². The Morgan fingerprint density at radius 2 is 1.91 bits per heavy atom. The van der Waals surface area contributed by atoms with Crippen molar-refractivity contribution in [3.63, 3.8) is 0 Å². The second-order valence-electron chi connectivity index (χ2n) is 5.99. The highest BCUT2D eigenvalue weighted by molar-refractivity contribution is 5.65. The highest BCUT2D eigenvalue weighted by Crippen LogP contribution is 2.31. The molecule has 2 atom stereocenters. The Hall–Kier alpha value is -2.32. The summed E-state index contributed by atoms with van der Waals surface area (Å²) in [4.78, 5) is 26.1. The van der Waals surface area contributed by atoms with Gasteiger partial charge in [-0.25, -0.2) is 9.59 Å². The van der Waals surface area contributed by atoms with Crippen molar-refractivity contribution in [1.82, 2.24) is 20.8 Å². The molecule has 0 radical (unpaired) electrons. The molecule has 22 heavy (non-hydrogen) atoms. The van der Waals surface area contributed by atoms with Crippen molar-refractivity contribution in [1.29, 1.82) is 0 Å². The molecule has 9 heteroatoms. The molecule has 2 amide bonds. The van der Waals surface area contributed by atoms with E-state index in [-0.39, 0.29) is 12.4 Å². The molecule has 0 aliphatic heterocycles. The molecule has 1 heterocycles. The highest BCUT2D eigenvalue weighted by Gasteiger charge is 2.38. The Bertz CT molecular complexity index is 523. The van der Waals surface area contributed by atoms with Gasteiger partial charge in [-0.05, 0) is 5.41 Å². The molecule has 0 spiro atoms. The van der Waals surface area contributed by atoms with Gasteiger partial charge in [-0.2, -0.15) is 4.98 Å². The average molecular weight is 314 g/mol. The van der Waals surface area contributed by atoms with Gasteiger partial charge in [-0.1, -0.05) is 32.9 Å². The second-order valence-corrected chi connectivity index (χ2v) is 5.99. The van der Waals surface area contributed by atoms with Crippen LogP contribution in [0.1, 0.15) is 45.3 Å². The summed E-state index contributed by atoms with van der Waals surface area (Å²) in [7, 11) is 0. The lowest BCUT2D eigenvalue weighted by atomic mass is 9.78. The van der Waals surface area contributed by atoms with E-state index in [0.29, 0.717) is 12.2 Å². The van der Waals surface area contributed by atoms with Crippen LogP contribution >= 0.6 is 0 Å². The van der Waals surface area contributed by atoms with Gasteiger partial charge in [-0.3, -0.25) is 0 Å². The number of nitrogens with zero attached hydrogens (tertiary/aromatic N) is 2. The third-order valence-corrected chi connectivity index (χ3v) is 3.20. The molecule has 0 saturated heterocycles. The van der Waals surface area contributed by atoms with Crippen LogP contribution in [0.5, 0.6) is 0 Å². The largest absolute Gasteiger partial charge is 0.465 e. The molecule has 0 aromatic carbocycles. The fraction of sp³-hybridized carbons (Fsp3) is 0.692. The second kappa shape index (κ2) is 7.10. The molecule has 9 nitrogen and oxygen atoms in total. The molecule has 1 rings (SSSR count). The SMILES string of the molecule is CCc1noc(C(CNC(=O)O)C(NC(=O)O)C(C)(C)C)n1. The predicted octanol–water partition coefficient (Wildman–Crippen LogP) is 1.67. The molecule has 1 aromatic heterocycles. The van der Waals surface area contributed by atoms with E-state index in [9.17, 15) is 9.59 Å². The number of aromatic nitrogens is 2. The zero-order valence-electron chi connectivity index (χ0n) is 13.1. The Kier molecular flexibility index (Phi) is 5.72. The maximum Gasteiger partial charge on any atom is 0.404 e. The topological polar surface area (TPSA) is 138 Å². The summed E-state index contributed by atoms with van der Waals surface area (Å²) >= 11 is 0. The highest BCUT2D eigenvalue weighted by atomic mass is 16.5. The Labute approximate surface area is 128 Å². The van der Waals surface area contributed by atoms with Gasteiger partial charge >= 0.3 is 12.2 Å². The van der Waals surface area contributed by atoms with E-state index < -0.39 is 29.6 Å². The number of carboxylic acid groups (broad SMARTS) is 2. The molecule has 1 aromatic rings. The van der Waals surface area contributed by atoms with Crippen LogP contribution in [0.3, 0.4) is 0 Å². The number of rotatable bonds is 6. The quantitative estimate of drug-likeness (QED) is 0.626. The lowest BCUT2D eigenvalue weighted by Crippen LogP contribution is -2.50. The standard InChI is InChI=1S/C13H22N4O5/c1-5-8-15-10(22-17-8)7(6-14-11(18)19)9(13(2,3)4)16-12(20)21/h7,9,14,16H,5-6H2,1-4H3,(H,18,19)(H,20,21). The fourth-order valence-electron chi connectivity index (χ4n) is 2.16. The van der Waals surface area contributed by atoms with Crippen LogP contribution in [-0.2, 0) is 6.42 Å². The third-order valence-electron chi connectivity index (χ3n) is 3.20. The molecule has 0 aliphatic rings. The summed E-state index contributed by atoms with van der Waals surface area (Å²) in [6.45, 7) is 7.36. The van der Waals surface area contributed by atoms with Gasteiger partial charge in [0.25, 0.3) is 0 Å². The number of hydrogen-bond donors (Lipinski definition) is 4. The van der Waals surface area contributed by atoms with Crippen molar-refractivity contribution in [2.75, 3.05) is 6.54 Å². The van der Waals surface area contributed by atoms with Crippen LogP contribution in [0.15, 0.2) is 4.52 Å². The average Bonchev–Trinajstić information content (AvgIpc) is 2.84. The Morgan fingerprint density at radius 1 is 1.27 bits per heavy atom. The van der Waals surface area contributed by atoms with Gasteiger partial charge in [0.1, 0.15) is 0 Å². The van der Waals surface area contributed by atoms with E-state index in [1.165, 1.54) is 0 Å². The van der Waals surface area contributed by atoms with E-state index in [1.807, 2.05) is 27.7 Å². The van der Waals surface area contributed by atoms with E-state index in [0.717, 1.165) is 0 Å². The zero-order valence-corrected chi connectivity index (χ0v) is 13.1. The normalized spacial score (nSPS) is 14.2. The monoisotopic (exact) mass is 314 g/mol. The lowest BCUT2D eigenvalue weighted by Gasteiger charge is -2.35. The molecule has 4 N–H and O–H groups in total. The summed E-state index contributed by atoms with van der Waals surface area (Å²) in [5.41, 5.74) is -0.482. The van der Waals surface area contributed by atoms with Crippen molar-refractivity contribution < 1.29 is 24.3 Å². The van der Waals surface area contributed by atoms with E-state index in [2.05, 4.69) is 20.8 Å². The Balaban J connectivity index is 3.14. The number of carbonyl (C=O) groups is 2. The molecular weight excluding hydrogens is 292 g/mol. The van der Waals surface area contributed by atoms with Gasteiger partial charge in [0.15, 0.2) is 5.82 Å². The number of hydrogen-bond acceptors (Lipinski definition) is 5. The number of aryl methyl sites for hydroxylation is 1. The minimum absolute atomic E-state index is 0.0388. The summed E-state index contributed by atoms with van der Waals surface area (Å²) in [6.07, 6.45) is -1.84. The molecule has 0 bridgehead atoms. The van der Waals surface area contributed by atoms with Gasteiger partial charge < -0.3 is 25.4 Å². The number of amides is 2. The van der Waals surface area contributed by atoms with Crippen molar-refractivity contribution >= 4 is 12.2 Å². The minimum Gasteiger partial charge on any atom is -0.465 e. The summed E-state index contributed by atoms with van der Waals surface area (Å²) in [5, 5.41) is 26.3. The summed E-state index contributed by atoms with van der Waals surface area (Å²) in [6, 6.07) is -0.609. The fourth-order valence-corrected chi connectivity index (χ4v) is 2.16. The maximum atomic E-state index is 11.1. The molecule has 0 saturated carbocycles. The third kappa shape index (κ3) is 4.90. The minimum atomic E-state index is -1.21. The first kappa shape index (κ1) is 17.7. The first-order valence-corrected chi connectivity index (χ1v) is 6.93. The maximum absolute atomic E-state index is 11.1. The van der Waals surface area contributed by atoms with E-state index in [4.69, 9.17) is 14.7 Å². The molecular formula is C13H22N4O5. The van der Waals surface area contributed by atoms with E-state index in [1.54, 1.807) is 0 Å². The van der Waals surface area contributed by atoms with Gasteiger partial charge in [-0.15, -0.1) is 0 Å². The summed E-state index contributed by atoms with van der Waals surface area (Å²) < 4.78 is 5.18. The number of nitrogens with one attached hydrogen (secondary N) is 2. The van der Waals surface area contributed by atoms with Gasteiger partial charge in [0.05, 0.1) is 12.0 Å². The summed E-state index contributed by atoms with van der Waals surface area (Å²) in [5.74, 6) is 0.0811. The van der Waals surface area contributed by atoms with Crippen molar-refractivity contribution in [3.8, 4) is 0 Å². The Morgan fingerprint density at radius 3 is 2.32 bits per heavy atom. The lowest BCUT2D eigenvalue weighted by molar-refractivity contribution is 0.156. The smallest absolute Gasteiger partial charge is 0.404 e. The van der Waals surface area contributed by atoms with Crippen LogP contribution in [-0.4, -0.2) is 45.1 Å². The van der Waals surface area contributed by atoms with Gasteiger partial charge in [0.2, 0.25) is 5.89 Å².